The van der Waals surface area contributed by atoms with Gasteiger partial charge in [0.2, 0.25) is 0 Å². The van der Waals surface area contributed by atoms with Crippen LogP contribution in [0.2, 0.25) is 0 Å². The predicted molar refractivity (Wildman–Crippen MR) is 83.9 cm³/mol. The number of nitrogens with one attached hydrogen (secondary N) is 1. The van der Waals surface area contributed by atoms with E-state index in [0.717, 1.165) is 49.6 Å². The van der Waals surface area contributed by atoms with Gasteiger partial charge in [0.15, 0.2) is 0 Å². The quantitative estimate of drug-likeness (QED) is 0.766. The Morgan fingerprint density at radius 3 is 2.60 bits per heavy atom. The van der Waals surface area contributed by atoms with Gasteiger partial charge in [0, 0.05) is 32.2 Å². The van der Waals surface area contributed by atoms with Gasteiger partial charge in [-0.1, -0.05) is 20.8 Å². The summed E-state index contributed by atoms with van der Waals surface area (Å²) in [5.74, 6) is 2.24. The molecule has 5 nitrogen and oxygen atoms in total. The maximum atomic E-state index is 5.96. The Hall–Kier alpha value is -1.36. The molecule has 0 radical (unpaired) electrons. The smallest absolute Gasteiger partial charge is 0.134 e. The lowest BCUT2D eigenvalue weighted by molar-refractivity contribution is 0.157. The highest BCUT2D eigenvalue weighted by atomic mass is 16.5. The van der Waals surface area contributed by atoms with Crippen LogP contribution in [0.5, 0.6) is 0 Å². The third kappa shape index (κ3) is 4.96. The Labute approximate surface area is 122 Å². The number of nitrogens with zero attached hydrogens (tertiary/aromatic N) is 2. The maximum Gasteiger partial charge on any atom is 0.134 e. The molecule has 0 aromatic carbocycles. The number of rotatable bonds is 8. The molecule has 20 heavy (non-hydrogen) atoms. The average Bonchev–Trinajstić information content (AvgIpc) is 2.39. The summed E-state index contributed by atoms with van der Waals surface area (Å²) in [6.07, 6.45) is 2.87. The highest BCUT2D eigenvalue weighted by Crippen LogP contribution is 2.23. The number of nitrogens with two attached hydrogens (primary N) is 1. The molecule has 114 valence electrons. The van der Waals surface area contributed by atoms with Gasteiger partial charge in [-0.2, -0.15) is 0 Å². The number of hydrogen-bond donors (Lipinski definition) is 2. The van der Waals surface area contributed by atoms with Gasteiger partial charge >= 0.3 is 0 Å². The summed E-state index contributed by atoms with van der Waals surface area (Å²) in [7, 11) is 1.73. The second-order valence-electron chi connectivity index (χ2n) is 6.01. The molecule has 0 amide bonds. The normalized spacial score (nSPS) is 11.7. The van der Waals surface area contributed by atoms with Crippen molar-refractivity contribution in [3.05, 3.63) is 11.4 Å². The third-order valence-electron chi connectivity index (χ3n) is 3.42. The monoisotopic (exact) mass is 280 g/mol. The van der Waals surface area contributed by atoms with Gasteiger partial charge in [-0.3, -0.25) is 0 Å². The number of methoxy groups -OCH3 is 1. The van der Waals surface area contributed by atoms with E-state index >= 15 is 0 Å². The number of nitrogen functional groups attached to an aromatic ring is 1. The minimum Gasteiger partial charge on any atom is -0.385 e. The van der Waals surface area contributed by atoms with Crippen LogP contribution in [-0.2, 0) is 11.2 Å². The molecule has 0 unspecified atom stereocenters. The minimum atomic E-state index is 0.146. The van der Waals surface area contributed by atoms with Crippen molar-refractivity contribution >= 4 is 11.6 Å². The Balaban J connectivity index is 2.76. The number of ether oxygens (including phenoxy) is 1. The van der Waals surface area contributed by atoms with Crippen molar-refractivity contribution in [2.45, 2.75) is 47.0 Å². The van der Waals surface area contributed by atoms with Crippen molar-refractivity contribution in [2.75, 3.05) is 31.3 Å². The second-order valence-corrected chi connectivity index (χ2v) is 6.01. The van der Waals surface area contributed by atoms with Gasteiger partial charge in [-0.15, -0.1) is 0 Å². The first kappa shape index (κ1) is 16.7. The summed E-state index contributed by atoms with van der Waals surface area (Å²) in [5.41, 5.74) is 7.03. The van der Waals surface area contributed by atoms with E-state index in [0.29, 0.717) is 5.82 Å². The lowest BCUT2D eigenvalue weighted by Gasteiger charge is -2.25. The maximum absolute atomic E-state index is 5.96. The first-order chi connectivity index (χ1) is 9.39. The van der Waals surface area contributed by atoms with Crippen LogP contribution >= 0.6 is 0 Å². The minimum absolute atomic E-state index is 0.146. The number of hydrogen-bond acceptors (Lipinski definition) is 5. The summed E-state index contributed by atoms with van der Waals surface area (Å²) in [5, 5.41) is 3.42. The topological polar surface area (TPSA) is 73.1 Å². The lowest BCUT2D eigenvalue weighted by atomic mass is 9.89. The van der Waals surface area contributed by atoms with Crippen LogP contribution < -0.4 is 11.1 Å². The summed E-state index contributed by atoms with van der Waals surface area (Å²) < 4.78 is 5.15. The Morgan fingerprint density at radius 2 is 2.00 bits per heavy atom. The van der Waals surface area contributed by atoms with Crippen LogP contribution in [0, 0.1) is 12.3 Å². The molecule has 0 spiro atoms. The van der Waals surface area contributed by atoms with Crippen LogP contribution in [-0.4, -0.2) is 30.2 Å². The number of aryl methyl sites for hydroxylation is 1. The molecule has 1 aromatic heterocycles. The molecule has 1 aromatic rings. The molecule has 0 fully saturated rings. The van der Waals surface area contributed by atoms with Crippen LogP contribution in [0.4, 0.5) is 11.6 Å². The summed E-state index contributed by atoms with van der Waals surface area (Å²) in [6, 6.07) is 0. The highest BCUT2D eigenvalue weighted by Gasteiger charge is 2.18. The molecule has 5 heteroatoms. The van der Waals surface area contributed by atoms with Gasteiger partial charge in [0.25, 0.3) is 0 Å². The molecular formula is C15H28N4O. The fraction of sp³-hybridized carbons (Fsp3) is 0.733. The van der Waals surface area contributed by atoms with Crippen LogP contribution in [0.3, 0.4) is 0 Å². The van der Waals surface area contributed by atoms with Crippen molar-refractivity contribution in [1.29, 1.82) is 0 Å². The Morgan fingerprint density at radius 1 is 1.30 bits per heavy atom. The van der Waals surface area contributed by atoms with Crippen LogP contribution in [0.1, 0.15) is 45.0 Å². The van der Waals surface area contributed by atoms with Crippen LogP contribution in [0.15, 0.2) is 0 Å². The lowest BCUT2D eigenvalue weighted by Crippen LogP contribution is -2.25. The zero-order valence-electron chi connectivity index (χ0n) is 13.4. The molecule has 0 atom stereocenters. The predicted octanol–water partition coefficient (Wildman–Crippen LogP) is 2.79. The van der Waals surface area contributed by atoms with E-state index in [1.807, 2.05) is 6.92 Å². The Kier molecular flexibility index (Phi) is 6.20. The summed E-state index contributed by atoms with van der Waals surface area (Å²) in [6.45, 7) is 10.1. The number of anilines is 2. The fourth-order valence-corrected chi connectivity index (χ4v) is 1.88. The van der Waals surface area contributed by atoms with E-state index in [2.05, 4.69) is 36.1 Å². The fourth-order valence-electron chi connectivity index (χ4n) is 1.88. The zero-order chi connectivity index (χ0) is 15.2. The molecule has 0 aliphatic rings. The highest BCUT2D eigenvalue weighted by molar-refractivity contribution is 5.54. The van der Waals surface area contributed by atoms with E-state index in [4.69, 9.17) is 10.5 Å². The molecule has 0 saturated carbocycles. The summed E-state index contributed by atoms with van der Waals surface area (Å²) >= 11 is 0. The van der Waals surface area contributed by atoms with Crippen molar-refractivity contribution in [3.63, 3.8) is 0 Å². The average molecular weight is 280 g/mol. The summed E-state index contributed by atoms with van der Waals surface area (Å²) in [4.78, 5) is 8.90. The van der Waals surface area contributed by atoms with E-state index in [1.165, 1.54) is 0 Å². The molecule has 1 rings (SSSR count). The van der Waals surface area contributed by atoms with Crippen molar-refractivity contribution < 1.29 is 4.74 Å². The van der Waals surface area contributed by atoms with Gasteiger partial charge in [0.05, 0.1) is 0 Å². The standard InChI is InChI=1S/C15H28N4O/c1-6-7-12-18-13(16)11(2)14(19-12)17-10-15(3,4)8-9-20-5/h6-10H2,1-5H3,(H3,16,17,18,19). The SMILES string of the molecule is CCCc1nc(N)c(C)c(NCC(C)(C)CCOC)n1. The molecule has 0 aliphatic heterocycles. The van der Waals surface area contributed by atoms with Gasteiger partial charge in [0.1, 0.15) is 17.5 Å². The van der Waals surface area contributed by atoms with E-state index in [1.54, 1.807) is 7.11 Å². The van der Waals surface area contributed by atoms with Gasteiger partial charge in [-0.05, 0) is 25.2 Å². The first-order valence-electron chi connectivity index (χ1n) is 7.25. The number of aromatic nitrogens is 2. The van der Waals surface area contributed by atoms with Crippen molar-refractivity contribution in [2.24, 2.45) is 5.41 Å². The molecule has 3 N–H and O–H groups in total. The molecule has 1 heterocycles. The third-order valence-corrected chi connectivity index (χ3v) is 3.42. The second kappa shape index (κ2) is 7.43. The first-order valence-corrected chi connectivity index (χ1v) is 7.25. The molecule has 0 aliphatic carbocycles. The molecule has 0 bridgehead atoms. The molecular weight excluding hydrogens is 252 g/mol. The van der Waals surface area contributed by atoms with E-state index in [9.17, 15) is 0 Å². The van der Waals surface area contributed by atoms with E-state index in [-0.39, 0.29) is 5.41 Å². The van der Waals surface area contributed by atoms with Crippen molar-refractivity contribution in [1.82, 2.24) is 9.97 Å². The Bertz CT molecular complexity index is 432. The molecule has 0 saturated heterocycles. The van der Waals surface area contributed by atoms with Crippen molar-refractivity contribution in [3.8, 4) is 0 Å². The largest absolute Gasteiger partial charge is 0.385 e. The van der Waals surface area contributed by atoms with Crippen LogP contribution in [0.25, 0.3) is 0 Å². The van der Waals surface area contributed by atoms with Gasteiger partial charge < -0.3 is 15.8 Å². The van der Waals surface area contributed by atoms with E-state index < -0.39 is 0 Å². The van der Waals surface area contributed by atoms with Gasteiger partial charge in [-0.25, -0.2) is 9.97 Å². The zero-order valence-corrected chi connectivity index (χ0v) is 13.4.